The van der Waals surface area contributed by atoms with E-state index in [9.17, 15) is 4.79 Å². The van der Waals surface area contributed by atoms with Crippen LogP contribution in [0.3, 0.4) is 0 Å². The van der Waals surface area contributed by atoms with Gasteiger partial charge in [-0.25, -0.2) is 0 Å². The molecular formula is C20H21N3O3. The van der Waals surface area contributed by atoms with Crippen molar-refractivity contribution < 1.29 is 13.9 Å². The first-order valence-electron chi connectivity index (χ1n) is 8.73. The molecule has 6 heteroatoms. The van der Waals surface area contributed by atoms with E-state index in [-0.39, 0.29) is 18.3 Å². The number of benzene rings is 1. The molecule has 0 atom stereocenters. The van der Waals surface area contributed by atoms with E-state index in [0.29, 0.717) is 11.4 Å². The van der Waals surface area contributed by atoms with E-state index in [2.05, 4.69) is 22.5 Å². The molecule has 1 amide bonds. The van der Waals surface area contributed by atoms with Gasteiger partial charge in [0.15, 0.2) is 5.76 Å². The van der Waals surface area contributed by atoms with Crippen molar-refractivity contribution in [3.63, 3.8) is 0 Å². The maximum absolute atomic E-state index is 12.3. The zero-order chi connectivity index (χ0) is 18.1. The molecule has 2 heterocycles. The molecular weight excluding hydrogens is 330 g/mol. The highest BCUT2D eigenvalue weighted by Gasteiger charge is 2.15. The minimum atomic E-state index is -0.301. The third-order valence-corrected chi connectivity index (χ3v) is 4.82. The zero-order valence-corrected chi connectivity index (χ0v) is 14.9. The fraction of sp³-hybridized carbons (Fsp3) is 0.300. The summed E-state index contributed by atoms with van der Waals surface area (Å²) in [6.45, 7) is 2.18. The second-order valence-electron chi connectivity index (χ2n) is 6.56. The molecule has 0 aliphatic heterocycles. The Bertz CT molecular complexity index is 955. The number of aryl methyl sites for hydroxylation is 3. The van der Waals surface area contributed by atoms with Crippen molar-refractivity contribution in [3.05, 3.63) is 64.9 Å². The average molecular weight is 351 g/mol. The van der Waals surface area contributed by atoms with Crippen LogP contribution >= 0.6 is 0 Å². The number of nitrogens with zero attached hydrogens (tertiary/aromatic N) is 2. The standard InChI is InChI=1S/C20H21N3O3/c1-13-18(11-21-23(13)2)22-20(24)19-9-8-17(26-19)12-25-16-7-6-14-4-3-5-15(14)10-16/h6-11H,3-5,12H2,1-2H3,(H,22,24). The number of nitrogens with one attached hydrogen (secondary N) is 1. The van der Waals surface area contributed by atoms with Crippen molar-refractivity contribution in [1.29, 1.82) is 0 Å². The van der Waals surface area contributed by atoms with Crippen LogP contribution < -0.4 is 10.1 Å². The summed E-state index contributed by atoms with van der Waals surface area (Å²) in [4.78, 5) is 12.3. The molecule has 0 bridgehead atoms. The van der Waals surface area contributed by atoms with E-state index in [4.69, 9.17) is 9.15 Å². The SMILES string of the molecule is Cc1c(NC(=O)c2ccc(COc3ccc4c(c3)CCC4)o2)cnn1C. The van der Waals surface area contributed by atoms with Crippen molar-refractivity contribution in [3.8, 4) is 5.75 Å². The van der Waals surface area contributed by atoms with Gasteiger partial charge in [0.25, 0.3) is 5.91 Å². The second kappa shape index (κ2) is 6.71. The van der Waals surface area contributed by atoms with Crippen molar-refractivity contribution in [2.45, 2.75) is 32.8 Å². The Labute approximate surface area is 151 Å². The lowest BCUT2D eigenvalue weighted by Crippen LogP contribution is -2.11. The molecule has 2 aromatic heterocycles. The van der Waals surface area contributed by atoms with Gasteiger partial charge in [-0.3, -0.25) is 9.48 Å². The molecule has 26 heavy (non-hydrogen) atoms. The topological polar surface area (TPSA) is 69.3 Å². The first-order chi connectivity index (χ1) is 12.6. The number of aromatic nitrogens is 2. The molecule has 1 aliphatic rings. The Hall–Kier alpha value is -3.02. The zero-order valence-electron chi connectivity index (χ0n) is 14.9. The third kappa shape index (κ3) is 3.22. The third-order valence-electron chi connectivity index (χ3n) is 4.82. The summed E-state index contributed by atoms with van der Waals surface area (Å²) in [7, 11) is 1.83. The van der Waals surface area contributed by atoms with E-state index in [1.54, 1.807) is 23.0 Å². The van der Waals surface area contributed by atoms with Gasteiger partial charge in [-0.05, 0) is 61.6 Å². The molecule has 1 aliphatic carbocycles. The van der Waals surface area contributed by atoms with Crippen LogP contribution in [0.5, 0.6) is 5.75 Å². The van der Waals surface area contributed by atoms with Crippen LogP contribution in [0.2, 0.25) is 0 Å². The van der Waals surface area contributed by atoms with Gasteiger partial charge in [-0.2, -0.15) is 5.10 Å². The van der Waals surface area contributed by atoms with Crippen LogP contribution in [-0.2, 0) is 26.5 Å². The molecule has 4 rings (SSSR count). The smallest absolute Gasteiger partial charge is 0.291 e. The number of furan rings is 1. The van der Waals surface area contributed by atoms with E-state index >= 15 is 0 Å². The van der Waals surface area contributed by atoms with Crippen molar-refractivity contribution >= 4 is 11.6 Å². The van der Waals surface area contributed by atoms with Gasteiger partial charge in [0.05, 0.1) is 17.6 Å². The summed E-state index contributed by atoms with van der Waals surface area (Å²) in [6.07, 6.45) is 5.11. The first-order valence-corrected chi connectivity index (χ1v) is 8.73. The van der Waals surface area contributed by atoms with Crippen molar-refractivity contribution in [2.75, 3.05) is 5.32 Å². The lowest BCUT2D eigenvalue weighted by molar-refractivity contribution is 0.0992. The van der Waals surface area contributed by atoms with Crippen LogP contribution in [0.4, 0.5) is 5.69 Å². The molecule has 1 aromatic carbocycles. The molecule has 3 aromatic rings. The van der Waals surface area contributed by atoms with Gasteiger partial charge in [-0.1, -0.05) is 6.07 Å². The summed E-state index contributed by atoms with van der Waals surface area (Å²) >= 11 is 0. The van der Waals surface area contributed by atoms with Gasteiger partial charge in [0.2, 0.25) is 0 Å². The largest absolute Gasteiger partial charge is 0.486 e. The maximum Gasteiger partial charge on any atom is 0.291 e. The fourth-order valence-electron chi connectivity index (χ4n) is 3.18. The normalized spacial score (nSPS) is 12.8. The Balaban J connectivity index is 1.38. The highest BCUT2D eigenvalue weighted by molar-refractivity contribution is 6.02. The highest BCUT2D eigenvalue weighted by atomic mass is 16.5. The van der Waals surface area contributed by atoms with E-state index < -0.39 is 0 Å². The number of hydrogen-bond donors (Lipinski definition) is 1. The number of carbonyl (C=O) groups is 1. The number of anilines is 1. The van der Waals surface area contributed by atoms with Crippen LogP contribution in [0.1, 0.15) is 39.6 Å². The molecule has 0 saturated carbocycles. The number of hydrogen-bond acceptors (Lipinski definition) is 4. The number of amides is 1. The second-order valence-corrected chi connectivity index (χ2v) is 6.56. The maximum atomic E-state index is 12.3. The van der Waals surface area contributed by atoms with E-state index in [1.165, 1.54) is 17.5 Å². The molecule has 0 spiro atoms. The molecule has 0 unspecified atom stereocenters. The van der Waals surface area contributed by atoms with E-state index in [1.807, 2.05) is 20.0 Å². The van der Waals surface area contributed by atoms with Crippen molar-refractivity contribution in [1.82, 2.24) is 9.78 Å². The molecule has 134 valence electrons. The summed E-state index contributed by atoms with van der Waals surface area (Å²) in [5.41, 5.74) is 4.34. The molecule has 0 saturated heterocycles. The van der Waals surface area contributed by atoms with E-state index in [0.717, 1.165) is 24.3 Å². The summed E-state index contributed by atoms with van der Waals surface area (Å²) < 4.78 is 13.1. The number of fused-ring (bicyclic) bond motifs is 1. The van der Waals surface area contributed by atoms with Crippen LogP contribution in [0.25, 0.3) is 0 Å². The highest BCUT2D eigenvalue weighted by Crippen LogP contribution is 2.26. The van der Waals surface area contributed by atoms with Crippen LogP contribution in [-0.4, -0.2) is 15.7 Å². The Morgan fingerprint density at radius 3 is 2.92 bits per heavy atom. The van der Waals surface area contributed by atoms with Crippen LogP contribution in [0, 0.1) is 6.92 Å². The average Bonchev–Trinajstić information content (AvgIpc) is 3.36. The molecule has 0 fully saturated rings. The minimum Gasteiger partial charge on any atom is -0.486 e. The van der Waals surface area contributed by atoms with Crippen LogP contribution in [0.15, 0.2) is 40.9 Å². The lowest BCUT2D eigenvalue weighted by Gasteiger charge is -2.06. The Morgan fingerprint density at radius 1 is 1.27 bits per heavy atom. The fourth-order valence-corrected chi connectivity index (χ4v) is 3.18. The van der Waals surface area contributed by atoms with Gasteiger partial charge in [0, 0.05) is 7.05 Å². The minimum absolute atomic E-state index is 0.251. The Morgan fingerprint density at radius 2 is 2.12 bits per heavy atom. The molecule has 0 radical (unpaired) electrons. The summed E-state index contributed by atoms with van der Waals surface area (Å²) in [5, 5.41) is 6.91. The van der Waals surface area contributed by atoms with Gasteiger partial charge < -0.3 is 14.5 Å². The predicted molar refractivity (Wildman–Crippen MR) is 97.4 cm³/mol. The first kappa shape index (κ1) is 16.4. The number of ether oxygens (including phenoxy) is 1. The Kier molecular flexibility index (Phi) is 4.24. The van der Waals surface area contributed by atoms with Gasteiger partial charge in [0.1, 0.15) is 18.1 Å². The monoisotopic (exact) mass is 351 g/mol. The number of rotatable bonds is 5. The van der Waals surface area contributed by atoms with Gasteiger partial charge in [-0.15, -0.1) is 0 Å². The number of carbonyl (C=O) groups excluding carboxylic acids is 1. The predicted octanol–water partition coefficient (Wildman–Crippen LogP) is 3.64. The molecule has 6 nitrogen and oxygen atoms in total. The quantitative estimate of drug-likeness (QED) is 0.762. The summed E-state index contributed by atoms with van der Waals surface area (Å²) in [5.74, 6) is 1.39. The summed E-state index contributed by atoms with van der Waals surface area (Å²) in [6, 6.07) is 9.64. The van der Waals surface area contributed by atoms with Crippen molar-refractivity contribution in [2.24, 2.45) is 7.05 Å². The van der Waals surface area contributed by atoms with Gasteiger partial charge >= 0.3 is 0 Å². The molecule has 1 N–H and O–H groups in total. The lowest BCUT2D eigenvalue weighted by atomic mass is 10.1.